The van der Waals surface area contributed by atoms with E-state index in [4.69, 9.17) is 16.7 Å². The summed E-state index contributed by atoms with van der Waals surface area (Å²) in [6.45, 7) is 2.42. The Morgan fingerprint density at radius 1 is 1.69 bits per heavy atom. The fourth-order valence-corrected chi connectivity index (χ4v) is 1.33. The molecular formula is C10H13N5O. The third-order valence-corrected chi connectivity index (χ3v) is 2.04. The van der Waals surface area contributed by atoms with Crippen LogP contribution in [0, 0.1) is 11.3 Å². The lowest BCUT2D eigenvalue weighted by Gasteiger charge is -2.21. The number of nitriles is 1. The third-order valence-electron chi connectivity index (χ3n) is 2.04. The number of hydrogen-bond acceptors (Lipinski definition) is 5. The van der Waals surface area contributed by atoms with Gasteiger partial charge in [-0.3, -0.25) is 4.79 Å². The van der Waals surface area contributed by atoms with Crippen LogP contribution in [0.1, 0.15) is 12.5 Å². The molecule has 0 bridgehead atoms. The molecule has 0 radical (unpaired) electrons. The van der Waals surface area contributed by atoms with Gasteiger partial charge < -0.3 is 16.4 Å². The smallest absolute Gasteiger partial charge is 0.236 e. The van der Waals surface area contributed by atoms with E-state index in [2.05, 4.69) is 4.98 Å². The first-order valence-corrected chi connectivity index (χ1v) is 4.77. The highest BCUT2D eigenvalue weighted by Gasteiger charge is 2.13. The van der Waals surface area contributed by atoms with Crippen molar-refractivity contribution in [3.05, 3.63) is 17.8 Å². The van der Waals surface area contributed by atoms with Gasteiger partial charge in [-0.15, -0.1) is 0 Å². The molecule has 0 aromatic carbocycles. The average molecular weight is 219 g/mol. The Kier molecular flexibility index (Phi) is 3.67. The van der Waals surface area contributed by atoms with E-state index in [-0.39, 0.29) is 6.54 Å². The number of hydrogen-bond donors (Lipinski definition) is 2. The minimum absolute atomic E-state index is 0.0299. The monoisotopic (exact) mass is 219 g/mol. The molecule has 1 heterocycles. The number of carbonyl (C=O) groups is 1. The zero-order valence-electron chi connectivity index (χ0n) is 8.97. The second kappa shape index (κ2) is 4.98. The van der Waals surface area contributed by atoms with Gasteiger partial charge in [-0.1, -0.05) is 0 Å². The van der Waals surface area contributed by atoms with Crippen molar-refractivity contribution in [1.82, 2.24) is 4.98 Å². The summed E-state index contributed by atoms with van der Waals surface area (Å²) in [6, 6.07) is 3.51. The molecule has 0 aliphatic heterocycles. The first-order valence-electron chi connectivity index (χ1n) is 4.77. The number of rotatable bonds is 4. The van der Waals surface area contributed by atoms with Crippen LogP contribution in [0.3, 0.4) is 0 Å². The van der Waals surface area contributed by atoms with Crippen molar-refractivity contribution in [3.63, 3.8) is 0 Å². The average Bonchev–Trinajstić information content (AvgIpc) is 2.25. The van der Waals surface area contributed by atoms with E-state index in [9.17, 15) is 4.79 Å². The minimum Gasteiger partial charge on any atom is -0.397 e. The predicted molar refractivity (Wildman–Crippen MR) is 60.4 cm³/mol. The van der Waals surface area contributed by atoms with Gasteiger partial charge in [0.1, 0.15) is 11.9 Å². The predicted octanol–water partition coefficient (Wildman–Crippen LogP) is -0.153. The van der Waals surface area contributed by atoms with Gasteiger partial charge in [0.25, 0.3) is 0 Å². The Hall–Kier alpha value is -2.29. The molecule has 6 nitrogen and oxygen atoms in total. The molecule has 16 heavy (non-hydrogen) atoms. The highest BCUT2D eigenvalue weighted by Crippen LogP contribution is 2.18. The van der Waals surface area contributed by atoms with E-state index in [0.717, 1.165) is 0 Å². The summed E-state index contributed by atoms with van der Waals surface area (Å²) < 4.78 is 0. The second-order valence-electron chi connectivity index (χ2n) is 3.23. The van der Waals surface area contributed by atoms with Crippen LogP contribution >= 0.6 is 0 Å². The number of amides is 1. The first kappa shape index (κ1) is 11.8. The highest BCUT2D eigenvalue weighted by atomic mass is 16.1. The van der Waals surface area contributed by atoms with Gasteiger partial charge in [-0.2, -0.15) is 5.26 Å². The Morgan fingerprint density at radius 3 is 2.88 bits per heavy atom. The van der Waals surface area contributed by atoms with Crippen LogP contribution in [0.25, 0.3) is 0 Å². The topological polar surface area (TPSA) is 109 Å². The summed E-state index contributed by atoms with van der Waals surface area (Å²) in [4.78, 5) is 16.5. The quantitative estimate of drug-likeness (QED) is 0.731. The number of aromatic nitrogens is 1. The Morgan fingerprint density at radius 2 is 2.38 bits per heavy atom. The normalized spacial score (nSPS) is 9.50. The van der Waals surface area contributed by atoms with Crippen molar-refractivity contribution < 1.29 is 4.79 Å². The molecule has 0 unspecified atom stereocenters. The Labute approximate surface area is 93.5 Å². The van der Waals surface area contributed by atoms with E-state index >= 15 is 0 Å². The van der Waals surface area contributed by atoms with Gasteiger partial charge in [0.2, 0.25) is 5.91 Å². The fraction of sp³-hybridized carbons (Fsp3) is 0.300. The third kappa shape index (κ3) is 2.60. The molecule has 1 aromatic heterocycles. The molecule has 84 valence electrons. The molecule has 0 atom stereocenters. The van der Waals surface area contributed by atoms with Crippen LogP contribution in [0.5, 0.6) is 0 Å². The Balaban J connectivity index is 3.10. The molecule has 0 aliphatic carbocycles. The SMILES string of the molecule is CCN(CC(N)=O)c1ncc(N)cc1C#N. The zero-order valence-corrected chi connectivity index (χ0v) is 8.97. The van der Waals surface area contributed by atoms with Crippen molar-refractivity contribution in [3.8, 4) is 6.07 Å². The molecule has 0 fully saturated rings. The van der Waals surface area contributed by atoms with Crippen molar-refractivity contribution >= 4 is 17.4 Å². The number of nitrogens with two attached hydrogens (primary N) is 2. The van der Waals surface area contributed by atoms with Crippen LogP contribution in [0.4, 0.5) is 11.5 Å². The van der Waals surface area contributed by atoms with Gasteiger partial charge in [0, 0.05) is 6.54 Å². The number of primary amides is 1. The van der Waals surface area contributed by atoms with Gasteiger partial charge in [0.15, 0.2) is 0 Å². The van der Waals surface area contributed by atoms with Crippen LogP contribution in [-0.4, -0.2) is 24.0 Å². The maximum Gasteiger partial charge on any atom is 0.236 e. The van der Waals surface area contributed by atoms with Crippen molar-refractivity contribution in [2.45, 2.75) is 6.92 Å². The van der Waals surface area contributed by atoms with Gasteiger partial charge in [-0.25, -0.2) is 4.98 Å². The molecular weight excluding hydrogens is 206 g/mol. The van der Waals surface area contributed by atoms with Crippen molar-refractivity contribution in [2.24, 2.45) is 5.73 Å². The molecule has 0 spiro atoms. The van der Waals surface area contributed by atoms with Gasteiger partial charge in [-0.05, 0) is 13.0 Å². The number of pyridine rings is 1. The van der Waals surface area contributed by atoms with E-state index in [1.165, 1.54) is 12.3 Å². The number of likely N-dealkylation sites (N-methyl/N-ethyl adjacent to an activating group) is 1. The molecule has 0 saturated carbocycles. The zero-order chi connectivity index (χ0) is 12.1. The summed E-state index contributed by atoms with van der Waals surface area (Å²) in [5.74, 6) is -0.0395. The lowest BCUT2D eigenvalue weighted by atomic mass is 10.2. The number of carbonyl (C=O) groups excluding carboxylic acids is 1. The molecule has 1 amide bonds. The molecule has 0 aliphatic rings. The van der Waals surface area contributed by atoms with Crippen LogP contribution in [0.2, 0.25) is 0 Å². The molecule has 6 heteroatoms. The van der Waals surface area contributed by atoms with Crippen LogP contribution in [0.15, 0.2) is 12.3 Å². The summed E-state index contributed by atoms with van der Waals surface area (Å²) >= 11 is 0. The molecule has 1 rings (SSSR count). The first-order chi connectivity index (χ1) is 7.58. The van der Waals surface area contributed by atoms with Crippen LogP contribution in [-0.2, 0) is 4.79 Å². The summed E-state index contributed by atoms with van der Waals surface area (Å²) in [5.41, 5.74) is 11.4. The highest BCUT2D eigenvalue weighted by molar-refractivity contribution is 5.79. The summed E-state index contributed by atoms with van der Waals surface area (Å²) in [7, 11) is 0. The Bertz CT molecular complexity index is 437. The van der Waals surface area contributed by atoms with E-state index in [1.54, 1.807) is 4.90 Å². The van der Waals surface area contributed by atoms with E-state index in [1.807, 2.05) is 13.0 Å². The van der Waals surface area contributed by atoms with Crippen molar-refractivity contribution in [2.75, 3.05) is 23.7 Å². The number of anilines is 2. The lowest BCUT2D eigenvalue weighted by Crippen LogP contribution is -2.34. The summed E-state index contributed by atoms with van der Waals surface area (Å²) in [5, 5.41) is 8.93. The van der Waals surface area contributed by atoms with Crippen molar-refractivity contribution in [1.29, 1.82) is 5.26 Å². The second-order valence-corrected chi connectivity index (χ2v) is 3.23. The largest absolute Gasteiger partial charge is 0.397 e. The van der Waals surface area contributed by atoms with Crippen LogP contribution < -0.4 is 16.4 Å². The minimum atomic E-state index is -0.468. The lowest BCUT2D eigenvalue weighted by molar-refractivity contribution is -0.116. The molecule has 4 N–H and O–H groups in total. The maximum atomic E-state index is 10.9. The molecule has 0 saturated heterocycles. The van der Waals surface area contributed by atoms with Gasteiger partial charge >= 0.3 is 0 Å². The van der Waals surface area contributed by atoms with E-state index in [0.29, 0.717) is 23.6 Å². The summed E-state index contributed by atoms with van der Waals surface area (Å²) in [6.07, 6.45) is 1.44. The fourth-order valence-electron chi connectivity index (χ4n) is 1.33. The van der Waals surface area contributed by atoms with E-state index < -0.39 is 5.91 Å². The standard InChI is InChI=1S/C10H13N5O/c1-2-15(6-9(13)16)10-7(4-11)3-8(12)5-14-10/h3,5H,2,6,12H2,1H3,(H2,13,16). The number of nitrogen functional groups attached to an aromatic ring is 1. The number of nitrogens with zero attached hydrogens (tertiary/aromatic N) is 3. The maximum absolute atomic E-state index is 10.9. The molecule has 1 aromatic rings. The van der Waals surface area contributed by atoms with Gasteiger partial charge in [0.05, 0.1) is 24.0 Å².